The Bertz CT molecular complexity index is 867. The topological polar surface area (TPSA) is 72.2 Å². The van der Waals surface area contributed by atoms with Gasteiger partial charge in [0.1, 0.15) is 0 Å². The van der Waals surface area contributed by atoms with Gasteiger partial charge in [-0.25, -0.2) is 0 Å². The normalized spacial score (nSPS) is 16.9. The number of nitrogens with zero attached hydrogens (tertiary/aromatic N) is 2. The van der Waals surface area contributed by atoms with Gasteiger partial charge in [-0.15, -0.1) is 0 Å². The van der Waals surface area contributed by atoms with Gasteiger partial charge in [-0.2, -0.15) is 0 Å². The molecule has 4 rings (SSSR count). The van der Waals surface area contributed by atoms with Crippen LogP contribution in [0.15, 0.2) is 47.1 Å². The molecule has 1 fully saturated rings. The molecule has 0 unspecified atom stereocenters. The predicted molar refractivity (Wildman–Crippen MR) is 102 cm³/mol. The Morgan fingerprint density at radius 3 is 2.43 bits per heavy atom. The molecule has 0 atom stereocenters. The lowest BCUT2D eigenvalue weighted by atomic mass is 10.2. The average Bonchev–Trinajstić information content (AvgIpc) is 3.17. The zero-order chi connectivity index (χ0) is 19.3. The van der Waals surface area contributed by atoms with Crippen molar-refractivity contribution in [3.8, 4) is 11.5 Å². The highest BCUT2D eigenvalue weighted by molar-refractivity contribution is 5.93. The van der Waals surface area contributed by atoms with E-state index in [1.165, 1.54) is 6.26 Å². The molecule has 1 aromatic heterocycles. The lowest BCUT2D eigenvalue weighted by molar-refractivity contribution is -0.127. The van der Waals surface area contributed by atoms with Crippen molar-refractivity contribution >= 4 is 17.9 Å². The maximum Gasteiger partial charge on any atom is 0.289 e. The summed E-state index contributed by atoms with van der Waals surface area (Å²) in [4.78, 5) is 28.2. The molecule has 2 amide bonds. The van der Waals surface area contributed by atoms with E-state index in [2.05, 4.69) is 0 Å². The number of ether oxygens (including phenoxy) is 2. The highest BCUT2D eigenvalue weighted by Gasteiger charge is 2.25. The Morgan fingerprint density at radius 2 is 1.68 bits per heavy atom. The van der Waals surface area contributed by atoms with Gasteiger partial charge in [-0.1, -0.05) is 6.07 Å². The molecule has 28 heavy (non-hydrogen) atoms. The summed E-state index contributed by atoms with van der Waals surface area (Å²) in [5, 5.41) is 0. The first kappa shape index (κ1) is 18.2. The van der Waals surface area contributed by atoms with Crippen molar-refractivity contribution in [2.75, 3.05) is 39.4 Å². The highest BCUT2D eigenvalue weighted by Crippen LogP contribution is 2.30. The van der Waals surface area contributed by atoms with Crippen molar-refractivity contribution < 1.29 is 23.5 Å². The molecule has 1 aromatic carbocycles. The fourth-order valence-corrected chi connectivity index (χ4v) is 3.24. The van der Waals surface area contributed by atoms with Crippen LogP contribution in [-0.2, 0) is 4.79 Å². The summed E-state index contributed by atoms with van der Waals surface area (Å²) in [7, 11) is 0. The van der Waals surface area contributed by atoms with Gasteiger partial charge in [0.05, 0.1) is 19.5 Å². The molecule has 0 aliphatic carbocycles. The van der Waals surface area contributed by atoms with Gasteiger partial charge in [-0.05, 0) is 35.9 Å². The molecule has 2 aliphatic rings. The summed E-state index contributed by atoms with van der Waals surface area (Å²) in [6.45, 7) is 3.25. The van der Waals surface area contributed by atoms with E-state index in [0.29, 0.717) is 50.9 Å². The number of amides is 2. The summed E-state index contributed by atoms with van der Waals surface area (Å²) < 4.78 is 16.5. The van der Waals surface area contributed by atoms with Crippen molar-refractivity contribution in [2.24, 2.45) is 0 Å². The third kappa shape index (κ3) is 4.03. The van der Waals surface area contributed by atoms with Crippen LogP contribution in [0, 0.1) is 0 Å². The summed E-state index contributed by atoms with van der Waals surface area (Å²) >= 11 is 0. The van der Waals surface area contributed by atoms with Crippen LogP contribution < -0.4 is 9.47 Å². The minimum atomic E-state index is -0.139. The number of piperazine rings is 1. The zero-order valence-corrected chi connectivity index (χ0v) is 15.5. The third-order valence-electron chi connectivity index (χ3n) is 4.80. The van der Waals surface area contributed by atoms with Crippen molar-refractivity contribution in [1.29, 1.82) is 0 Å². The van der Waals surface area contributed by atoms with Crippen molar-refractivity contribution in [1.82, 2.24) is 9.80 Å². The fourth-order valence-electron chi connectivity index (χ4n) is 3.24. The Balaban J connectivity index is 1.33. The van der Waals surface area contributed by atoms with E-state index in [1.54, 1.807) is 34.1 Å². The molecule has 146 valence electrons. The van der Waals surface area contributed by atoms with Crippen LogP contribution in [0.5, 0.6) is 11.5 Å². The molecule has 2 aromatic rings. The molecular weight excluding hydrogens is 360 g/mol. The first-order valence-corrected chi connectivity index (χ1v) is 9.40. The largest absolute Gasteiger partial charge is 0.490 e. The highest BCUT2D eigenvalue weighted by atomic mass is 16.5. The van der Waals surface area contributed by atoms with Crippen LogP contribution in [0.1, 0.15) is 22.5 Å². The van der Waals surface area contributed by atoms with Crippen LogP contribution in [0.3, 0.4) is 0 Å². The molecule has 0 spiro atoms. The summed E-state index contributed by atoms with van der Waals surface area (Å²) in [6.07, 6.45) is 5.67. The summed E-state index contributed by atoms with van der Waals surface area (Å²) in [5.41, 5.74) is 0.879. The number of benzene rings is 1. The monoisotopic (exact) mass is 382 g/mol. The van der Waals surface area contributed by atoms with Gasteiger partial charge < -0.3 is 23.7 Å². The smallest absolute Gasteiger partial charge is 0.289 e. The van der Waals surface area contributed by atoms with Crippen LogP contribution >= 0.6 is 0 Å². The van der Waals surface area contributed by atoms with Crippen LogP contribution in [0.25, 0.3) is 6.08 Å². The second-order valence-corrected chi connectivity index (χ2v) is 6.68. The van der Waals surface area contributed by atoms with E-state index in [-0.39, 0.29) is 11.8 Å². The maximum absolute atomic E-state index is 12.5. The molecule has 0 radical (unpaired) electrons. The first-order valence-electron chi connectivity index (χ1n) is 9.40. The summed E-state index contributed by atoms with van der Waals surface area (Å²) in [5.74, 6) is 1.56. The Hall–Kier alpha value is -3.22. The number of carbonyl (C=O) groups excluding carboxylic acids is 2. The molecule has 0 saturated carbocycles. The second kappa shape index (κ2) is 8.21. The minimum absolute atomic E-state index is 0.0720. The molecule has 1 saturated heterocycles. The molecule has 7 nitrogen and oxygen atoms in total. The zero-order valence-electron chi connectivity index (χ0n) is 15.5. The SMILES string of the molecule is O=C(/C=C/c1ccc2c(c1)OCCCO2)N1CCN(C(=O)c2ccco2)CC1. The van der Waals surface area contributed by atoms with Gasteiger partial charge in [-0.3, -0.25) is 9.59 Å². The molecule has 3 heterocycles. The average molecular weight is 382 g/mol. The Kier molecular flexibility index (Phi) is 5.32. The third-order valence-corrected chi connectivity index (χ3v) is 4.80. The minimum Gasteiger partial charge on any atom is -0.490 e. The number of hydrogen-bond acceptors (Lipinski definition) is 5. The Morgan fingerprint density at radius 1 is 0.929 bits per heavy atom. The second-order valence-electron chi connectivity index (χ2n) is 6.68. The van der Waals surface area contributed by atoms with Gasteiger partial charge in [0, 0.05) is 38.7 Å². The quantitative estimate of drug-likeness (QED) is 0.763. The number of rotatable bonds is 3. The molecule has 2 aliphatic heterocycles. The van der Waals surface area contributed by atoms with E-state index < -0.39 is 0 Å². The lowest BCUT2D eigenvalue weighted by Gasteiger charge is -2.33. The molecule has 7 heteroatoms. The van der Waals surface area contributed by atoms with Gasteiger partial charge in [0.25, 0.3) is 5.91 Å². The van der Waals surface area contributed by atoms with Crippen molar-refractivity contribution in [3.63, 3.8) is 0 Å². The molecule has 0 bridgehead atoms. The fraction of sp³-hybridized carbons (Fsp3) is 0.333. The van der Waals surface area contributed by atoms with Crippen molar-refractivity contribution in [3.05, 3.63) is 54.0 Å². The number of carbonyl (C=O) groups is 2. The van der Waals surface area contributed by atoms with E-state index >= 15 is 0 Å². The van der Waals surface area contributed by atoms with E-state index in [0.717, 1.165) is 17.7 Å². The summed E-state index contributed by atoms with van der Waals surface area (Å²) in [6, 6.07) is 8.99. The number of fused-ring (bicyclic) bond motifs is 1. The Labute approximate surface area is 163 Å². The lowest BCUT2D eigenvalue weighted by Crippen LogP contribution is -2.50. The number of furan rings is 1. The number of hydrogen-bond donors (Lipinski definition) is 0. The van der Waals surface area contributed by atoms with Crippen molar-refractivity contribution in [2.45, 2.75) is 6.42 Å². The van der Waals surface area contributed by atoms with Gasteiger partial charge >= 0.3 is 0 Å². The van der Waals surface area contributed by atoms with E-state index in [1.807, 2.05) is 18.2 Å². The van der Waals surface area contributed by atoms with Crippen LogP contribution in [0.4, 0.5) is 0 Å². The standard InChI is InChI=1S/C21H22N2O5/c24-20(7-5-16-4-6-17-19(15-16)28-14-2-13-26-17)22-8-10-23(11-9-22)21(25)18-3-1-12-27-18/h1,3-7,12,15H,2,8-11,13-14H2/b7-5+. The van der Waals surface area contributed by atoms with Crippen LogP contribution in [-0.4, -0.2) is 61.0 Å². The predicted octanol–water partition coefficient (Wildman–Crippen LogP) is 2.44. The molecule has 0 N–H and O–H groups in total. The van der Waals surface area contributed by atoms with Gasteiger partial charge in [0.15, 0.2) is 17.3 Å². The van der Waals surface area contributed by atoms with E-state index in [4.69, 9.17) is 13.9 Å². The maximum atomic E-state index is 12.5. The van der Waals surface area contributed by atoms with Gasteiger partial charge in [0.2, 0.25) is 5.91 Å². The molecular formula is C21H22N2O5. The first-order chi connectivity index (χ1) is 13.7. The van der Waals surface area contributed by atoms with Crippen LogP contribution in [0.2, 0.25) is 0 Å². The van der Waals surface area contributed by atoms with E-state index in [9.17, 15) is 9.59 Å².